The molecule has 0 aliphatic carbocycles. The molecule has 2 heterocycles. The Hall–Kier alpha value is -2.12. The molecule has 2 aromatic carbocycles. The molecule has 0 saturated carbocycles. The number of hydrogen-bond acceptors (Lipinski definition) is 5. The molecular formula is C22H25Cl2N3O2S. The van der Waals surface area contributed by atoms with Crippen LogP contribution in [0.25, 0.3) is 10.6 Å². The molecule has 0 spiro atoms. The van der Waals surface area contributed by atoms with E-state index in [1.54, 1.807) is 0 Å². The molecular weight excluding hydrogens is 441 g/mol. The number of hydrogen-bond donors (Lipinski definition) is 1. The molecule has 160 valence electrons. The molecule has 5 nitrogen and oxygen atoms in total. The van der Waals surface area contributed by atoms with Crippen LogP contribution in [0, 0.1) is 0 Å². The summed E-state index contributed by atoms with van der Waals surface area (Å²) >= 11 is 1.48. The summed E-state index contributed by atoms with van der Waals surface area (Å²) in [5.74, 6) is 0.939. The smallest absolute Gasteiger partial charge is 0.273 e. The van der Waals surface area contributed by atoms with Gasteiger partial charge in [-0.15, -0.1) is 36.2 Å². The normalized spacial score (nSPS) is 17.7. The van der Waals surface area contributed by atoms with Gasteiger partial charge in [-0.3, -0.25) is 4.79 Å². The van der Waals surface area contributed by atoms with Gasteiger partial charge in [0.25, 0.3) is 5.91 Å². The number of rotatable bonds is 5. The summed E-state index contributed by atoms with van der Waals surface area (Å²) in [6.07, 6.45) is 0. The molecule has 1 aromatic heterocycles. The highest BCUT2D eigenvalue weighted by molar-refractivity contribution is 7.13. The second-order valence-corrected chi connectivity index (χ2v) is 7.74. The molecule has 1 saturated heterocycles. The summed E-state index contributed by atoms with van der Waals surface area (Å²) < 4.78 is 5.47. The number of carbonyl (C=O) groups excluding carboxylic acids is 1. The van der Waals surface area contributed by atoms with Gasteiger partial charge in [0.2, 0.25) is 0 Å². The first-order valence-corrected chi connectivity index (χ1v) is 10.3. The zero-order chi connectivity index (χ0) is 19.5. The van der Waals surface area contributed by atoms with Crippen LogP contribution in [-0.2, 0) is 0 Å². The largest absolute Gasteiger partial charge is 0.494 e. The number of likely N-dealkylation sites (tertiary alicyclic amines) is 1. The maximum absolute atomic E-state index is 12.9. The number of nitrogens with two attached hydrogens (primary N) is 1. The van der Waals surface area contributed by atoms with Gasteiger partial charge in [0.05, 0.1) is 6.61 Å². The maximum atomic E-state index is 12.9. The molecule has 1 aliphatic heterocycles. The van der Waals surface area contributed by atoms with Gasteiger partial charge in [0, 0.05) is 36.0 Å². The fraction of sp³-hybridized carbons (Fsp3) is 0.273. The van der Waals surface area contributed by atoms with Crippen LogP contribution in [0.15, 0.2) is 60.0 Å². The van der Waals surface area contributed by atoms with E-state index in [4.69, 9.17) is 10.5 Å². The average Bonchev–Trinajstić information content (AvgIpc) is 3.36. The third kappa shape index (κ3) is 5.13. The zero-order valence-corrected chi connectivity index (χ0v) is 19.0. The second kappa shape index (κ2) is 10.8. The molecule has 1 amide bonds. The van der Waals surface area contributed by atoms with Gasteiger partial charge in [-0.25, -0.2) is 4.98 Å². The predicted octanol–water partition coefficient (Wildman–Crippen LogP) is 4.62. The fourth-order valence-corrected chi connectivity index (χ4v) is 4.37. The van der Waals surface area contributed by atoms with E-state index in [0.717, 1.165) is 16.3 Å². The lowest BCUT2D eigenvalue weighted by Crippen LogP contribution is -2.32. The lowest BCUT2D eigenvalue weighted by molar-refractivity contribution is 0.0784. The van der Waals surface area contributed by atoms with Crippen LogP contribution < -0.4 is 10.5 Å². The number of aromatic nitrogens is 1. The van der Waals surface area contributed by atoms with E-state index in [1.165, 1.54) is 16.9 Å². The number of nitrogens with zero attached hydrogens (tertiary/aromatic N) is 2. The molecule has 1 aliphatic rings. The number of carbonyl (C=O) groups is 1. The molecule has 4 rings (SSSR count). The van der Waals surface area contributed by atoms with Crippen LogP contribution in [0.1, 0.15) is 28.9 Å². The number of halogens is 2. The van der Waals surface area contributed by atoms with E-state index in [0.29, 0.717) is 25.4 Å². The highest BCUT2D eigenvalue weighted by Crippen LogP contribution is 2.29. The van der Waals surface area contributed by atoms with Gasteiger partial charge < -0.3 is 15.4 Å². The number of amides is 1. The predicted molar refractivity (Wildman–Crippen MR) is 126 cm³/mol. The molecule has 3 aromatic rings. The van der Waals surface area contributed by atoms with Gasteiger partial charge in [0.1, 0.15) is 16.5 Å². The Morgan fingerprint density at radius 2 is 1.83 bits per heavy atom. The molecule has 8 heteroatoms. The molecule has 2 atom stereocenters. The van der Waals surface area contributed by atoms with Crippen molar-refractivity contribution in [2.75, 3.05) is 19.7 Å². The van der Waals surface area contributed by atoms with Gasteiger partial charge in [-0.05, 0) is 36.8 Å². The van der Waals surface area contributed by atoms with Crippen LogP contribution in [0.4, 0.5) is 0 Å². The van der Waals surface area contributed by atoms with Crippen molar-refractivity contribution in [2.45, 2.75) is 18.9 Å². The summed E-state index contributed by atoms with van der Waals surface area (Å²) in [4.78, 5) is 19.3. The van der Waals surface area contributed by atoms with Gasteiger partial charge in [-0.1, -0.05) is 30.3 Å². The third-order valence-electron chi connectivity index (χ3n) is 5.02. The van der Waals surface area contributed by atoms with Crippen LogP contribution in [0.2, 0.25) is 0 Å². The summed E-state index contributed by atoms with van der Waals surface area (Å²) in [7, 11) is 0. The Morgan fingerprint density at radius 1 is 1.13 bits per heavy atom. The number of thiazole rings is 1. The highest BCUT2D eigenvalue weighted by Gasteiger charge is 2.34. The van der Waals surface area contributed by atoms with Gasteiger partial charge in [0.15, 0.2) is 0 Å². The molecule has 0 unspecified atom stereocenters. The Bertz CT molecular complexity index is 951. The first-order chi connectivity index (χ1) is 13.7. The quantitative estimate of drug-likeness (QED) is 0.596. The summed E-state index contributed by atoms with van der Waals surface area (Å²) in [5, 5.41) is 2.66. The zero-order valence-electron chi connectivity index (χ0n) is 16.6. The van der Waals surface area contributed by atoms with Crippen molar-refractivity contribution in [3.63, 3.8) is 0 Å². The van der Waals surface area contributed by atoms with E-state index < -0.39 is 0 Å². The summed E-state index contributed by atoms with van der Waals surface area (Å²) in [5.41, 5.74) is 8.97. The number of ether oxygens (including phenoxy) is 1. The highest BCUT2D eigenvalue weighted by atomic mass is 35.5. The van der Waals surface area contributed by atoms with E-state index in [2.05, 4.69) is 17.1 Å². The Balaban J connectivity index is 0.00000160. The third-order valence-corrected chi connectivity index (χ3v) is 5.91. The van der Waals surface area contributed by atoms with Crippen LogP contribution in [0.5, 0.6) is 5.75 Å². The topological polar surface area (TPSA) is 68.5 Å². The standard InChI is InChI=1S/C22H23N3O2S.2ClH/c1-2-27-17-10-8-16(9-11-17)21-24-20(14-28-21)22(26)25-12-18(19(23)13-25)15-6-4-3-5-7-15;;/h3-11,14,18-19H,2,12-13,23H2,1H3;2*1H/t18-,19+;;/m0../s1. The minimum absolute atomic E-state index is 0. The SMILES string of the molecule is CCOc1ccc(-c2nc(C(=O)N3C[C@@H](N)[C@H](c4ccccc4)C3)cs2)cc1.Cl.Cl. The Morgan fingerprint density at radius 3 is 2.50 bits per heavy atom. The molecule has 30 heavy (non-hydrogen) atoms. The average molecular weight is 466 g/mol. The minimum Gasteiger partial charge on any atom is -0.494 e. The first-order valence-electron chi connectivity index (χ1n) is 9.44. The summed E-state index contributed by atoms with van der Waals surface area (Å²) in [6.45, 7) is 3.77. The first kappa shape index (κ1) is 24.2. The van der Waals surface area contributed by atoms with Crippen molar-refractivity contribution in [1.29, 1.82) is 0 Å². The van der Waals surface area contributed by atoms with Crippen molar-refractivity contribution in [1.82, 2.24) is 9.88 Å². The molecule has 0 radical (unpaired) electrons. The van der Waals surface area contributed by atoms with E-state index in [1.807, 2.05) is 59.7 Å². The van der Waals surface area contributed by atoms with Crippen molar-refractivity contribution >= 4 is 42.1 Å². The summed E-state index contributed by atoms with van der Waals surface area (Å²) in [6, 6.07) is 17.9. The van der Waals surface area contributed by atoms with Gasteiger partial charge >= 0.3 is 0 Å². The lowest BCUT2D eigenvalue weighted by Gasteiger charge is -2.15. The van der Waals surface area contributed by atoms with E-state index >= 15 is 0 Å². The van der Waals surface area contributed by atoms with E-state index in [9.17, 15) is 4.79 Å². The maximum Gasteiger partial charge on any atom is 0.273 e. The molecule has 2 N–H and O–H groups in total. The van der Waals surface area contributed by atoms with Crippen molar-refractivity contribution in [3.05, 3.63) is 71.2 Å². The van der Waals surface area contributed by atoms with Gasteiger partial charge in [-0.2, -0.15) is 0 Å². The van der Waals surface area contributed by atoms with E-state index in [-0.39, 0.29) is 42.7 Å². The van der Waals surface area contributed by atoms with Crippen LogP contribution >= 0.6 is 36.2 Å². The second-order valence-electron chi connectivity index (χ2n) is 6.89. The van der Waals surface area contributed by atoms with Crippen LogP contribution in [0.3, 0.4) is 0 Å². The number of benzene rings is 2. The Labute approximate surface area is 193 Å². The monoisotopic (exact) mass is 465 g/mol. The Kier molecular flexibility index (Phi) is 8.67. The van der Waals surface area contributed by atoms with Crippen molar-refractivity contribution in [2.24, 2.45) is 5.73 Å². The lowest BCUT2D eigenvalue weighted by atomic mass is 9.95. The molecule has 1 fully saturated rings. The molecule has 0 bridgehead atoms. The van der Waals surface area contributed by atoms with Crippen molar-refractivity contribution < 1.29 is 9.53 Å². The van der Waals surface area contributed by atoms with Crippen molar-refractivity contribution in [3.8, 4) is 16.3 Å². The fourth-order valence-electron chi connectivity index (χ4n) is 3.57. The minimum atomic E-state index is -0.0597. The van der Waals surface area contributed by atoms with Crippen LogP contribution in [-0.4, -0.2) is 41.5 Å².